The molecule has 1 heterocycles. The predicted molar refractivity (Wildman–Crippen MR) is 95.9 cm³/mol. The summed E-state index contributed by atoms with van der Waals surface area (Å²) in [6.45, 7) is 2.89. The molecule has 1 saturated heterocycles. The van der Waals surface area contributed by atoms with E-state index in [1.165, 1.54) is 24.0 Å². The third-order valence-corrected chi connectivity index (χ3v) is 4.74. The van der Waals surface area contributed by atoms with Gasteiger partial charge in [-0.25, -0.2) is 0 Å². The maximum absolute atomic E-state index is 5.54. The standard InChI is InChI=1S/C19H22N2S/c22-19(20-15-16-7-3-1-4-8-16)21-13-11-18(12-14-21)17-9-5-2-6-10-17/h1-10,18H,11-15H2,(H,20,22). The first-order valence-corrected chi connectivity index (χ1v) is 8.35. The van der Waals surface area contributed by atoms with E-state index in [0.717, 1.165) is 24.7 Å². The first-order valence-electron chi connectivity index (χ1n) is 7.94. The van der Waals surface area contributed by atoms with Crippen molar-refractivity contribution >= 4 is 17.3 Å². The number of hydrogen-bond donors (Lipinski definition) is 1. The van der Waals surface area contributed by atoms with Crippen LogP contribution in [0.1, 0.15) is 29.9 Å². The Morgan fingerprint density at radius 1 is 0.955 bits per heavy atom. The molecule has 1 fully saturated rings. The van der Waals surface area contributed by atoms with Crippen LogP contribution in [0.5, 0.6) is 0 Å². The molecular weight excluding hydrogens is 288 g/mol. The van der Waals surface area contributed by atoms with Crippen LogP contribution in [0.4, 0.5) is 0 Å². The van der Waals surface area contributed by atoms with Crippen molar-refractivity contribution in [2.75, 3.05) is 13.1 Å². The fourth-order valence-electron chi connectivity index (χ4n) is 3.03. The lowest BCUT2D eigenvalue weighted by Gasteiger charge is -2.34. The van der Waals surface area contributed by atoms with Crippen LogP contribution in [0.2, 0.25) is 0 Å². The Balaban J connectivity index is 1.48. The Morgan fingerprint density at radius 3 is 2.18 bits per heavy atom. The van der Waals surface area contributed by atoms with Gasteiger partial charge in [-0.1, -0.05) is 60.7 Å². The first-order chi connectivity index (χ1) is 10.8. The maximum Gasteiger partial charge on any atom is 0.169 e. The maximum atomic E-state index is 5.54. The van der Waals surface area contributed by atoms with Crippen LogP contribution in [0.3, 0.4) is 0 Å². The Labute approximate surface area is 138 Å². The van der Waals surface area contributed by atoms with Crippen molar-refractivity contribution in [3.8, 4) is 0 Å². The fraction of sp³-hybridized carbons (Fsp3) is 0.316. The molecule has 0 radical (unpaired) electrons. The summed E-state index contributed by atoms with van der Waals surface area (Å²) in [4.78, 5) is 2.30. The summed E-state index contributed by atoms with van der Waals surface area (Å²) in [5, 5.41) is 4.27. The minimum Gasteiger partial charge on any atom is -0.358 e. The van der Waals surface area contributed by atoms with Crippen molar-refractivity contribution in [2.45, 2.75) is 25.3 Å². The van der Waals surface area contributed by atoms with Gasteiger partial charge in [0, 0.05) is 19.6 Å². The van der Waals surface area contributed by atoms with E-state index in [2.05, 4.69) is 64.8 Å². The van der Waals surface area contributed by atoms with E-state index in [0.29, 0.717) is 5.92 Å². The molecule has 0 aromatic heterocycles. The molecule has 0 unspecified atom stereocenters. The second kappa shape index (κ2) is 7.41. The van der Waals surface area contributed by atoms with Crippen LogP contribution in [-0.4, -0.2) is 23.1 Å². The van der Waals surface area contributed by atoms with Gasteiger partial charge in [-0.05, 0) is 42.1 Å². The average Bonchev–Trinajstić information content (AvgIpc) is 2.61. The lowest BCUT2D eigenvalue weighted by atomic mass is 9.90. The van der Waals surface area contributed by atoms with E-state index >= 15 is 0 Å². The molecule has 0 atom stereocenters. The molecule has 2 aromatic carbocycles. The highest BCUT2D eigenvalue weighted by Gasteiger charge is 2.21. The smallest absolute Gasteiger partial charge is 0.169 e. The molecule has 1 aliphatic heterocycles. The number of rotatable bonds is 3. The molecule has 3 rings (SSSR count). The zero-order chi connectivity index (χ0) is 15.2. The van der Waals surface area contributed by atoms with Gasteiger partial charge in [0.25, 0.3) is 0 Å². The summed E-state index contributed by atoms with van der Waals surface area (Å²) < 4.78 is 0. The highest BCUT2D eigenvalue weighted by molar-refractivity contribution is 7.80. The largest absolute Gasteiger partial charge is 0.358 e. The minimum absolute atomic E-state index is 0.675. The molecule has 2 aromatic rings. The molecule has 1 aliphatic rings. The van der Waals surface area contributed by atoms with Crippen LogP contribution in [-0.2, 0) is 6.54 Å². The molecule has 114 valence electrons. The lowest BCUT2D eigenvalue weighted by molar-refractivity contribution is 0.309. The second-order valence-electron chi connectivity index (χ2n) is 5.82. The van der Waals surface area contributed by atoms with Gasteiger partial charge in [0.1, 0.15) is 0 Å². The number of benzene rings is 2. The minimum atomic E-state index is 0.675. The summed E-state index contributed by atoms with van der Waals surface area (Å²) in [6.07, 6.45) is 2.36. The molecule has 2 nitrogen and oxygen atoms in total. The van der Waals surface area contributed by atoms with Crippen molar-refractivity contribution in [3.63, 3.8) is 0 Å². The van der Waals surface area contributed by atoms with Gasteiger partial charge in [0.2, 0.25) is 0 Å². The van der Waals surface area contributed by atoms with E-state index < -0.39 is 0 Å². The topological polar surface area (TPSA) is 15.3 Å². The molecule has 0 bridgehead atoms. The molecule has 1 N–H and O–H groups in total. The van der Waals surface area contributed by atoms with E-state index in [-0.39, 0.29) is 0 Å². The normalized spacial score (nSPS) is 15.5. The van der Waals surface area contributed by atoms with Gasteiger partial charge in [0.05, 0.1) is 0 Å². The van der Waals surface area contributed by atoms with Crippen LogP contribution in [0, 0.1) is 0 Å². The van der Waals surface area contributed by atoms with Crippen LogP contribution in [0.15, 0.2) is 60.7 Å². The Morgan fingerprint density at radius 2 is 1.55 bits per heavy atom. The third-order valence-electron chi connectivity index (χ3n) is 4.34. The monoisotopic (exact) mass is 310 g/mol. The van der Waals surface area contributed by atoms with Crippen LogP contribution < -0.4 is 5.32 Å². The SMILES string of the molecule is S=C(NCc1ccccc1)N1CCC(c2ccccc2)CC1. The highest BCUT2D eigenvalue weighted by Crippen LogP contribution is 2.27. The number of nitrogens with zero attached hydrogens (tertiary/aromatic N) is 1. The van der Waals surface area contributed by atoms with Crippen molar-refractivity contribution < 1.29 is 0 Å². The summed E-state index contributed by atoms with van der Waals surface area (Å²) >= 11 is 5.54. The van der Waals surface area contributed by atoms with Gasteiger partial charge < -0.3 is 10.2 Å². The summed E-state index contributed by atoms with van der Waals surface area (Å²) in [6, 6.07) is 21.2. The Bertz CT molecular complexity index is 589. The van der Waals surface area contributed by atoms with Gasteiger partial charge >= 0.3 is 0 Å². The highest BCUT2D eigenvalue weighted by atomic mass is 32.1. The lowest BCUT2D eigenvalue weighted by Crippen LogP contribution is -2.43. The van der Waals surface area contributed by atoms with E-state index in [1.54, 1.807) is 0 Å². The zero-order valence-electron chi connectivity index (χ0n) is 12.7. The first kappa shape index (κ1) is 15.0. The van der Waals surface area contributed by atoms with Gasteiger partial charge in [-0.15, -0.1) is 0 Å². The second-order valence-corrected chi connectivity index (χ2v) is 6.20. The average molecular weight is 310 g/mol. The molecule has 0 spiro atoms. The van der Waals surface area contributed by atoms with E-state index in [1.807, 2.05) is 6.07 Å². The van der Waals surface area contributed by atoms with Gasteiger partial charge in [-0.2, -0.15) is 0 Å². The van der Waals surface area contributed by atoms with Crippen LogP contribution >= 0.6 is 12.2 Å². The van der Waals surface area contributed by atoms with Crippen molar-refractivity contribution in [2.24, 2.45) is 0 Å². The number of likely N-dealkylation sites (tertiary alicyclic amines) is 1. The van der Waals surface area contributed by atoms with Crippen molar-refractivity contribution in [3.05, 3.63) is 71.8 Å². The summed E-state index contributed by atoms with van der Waals surface area (Å²) in [5.41, 5.74) is 2.73. The van der Waals surface area contributed by atoms with E-state index in [9.17, 15) is 0 Å². The predicted octanol–water partition coefficient (Wildman–Crippen LogP) is 3.94. The van der Waals surface area contributed by atoms with Crippen LogP contribution in [0.25, 0.3) is 0 Å². The molecule has 0 aliphatic carbocycles. The zero-order valence-corrected chi connectivity index (χ0v) is 13.6. The summed E-state index contributed by atoms with van der Waals surface area (Å²) in [5.74, 6) is 0.675. The third kappa shape index (κ3) is 3.86. The van der Waals surface area contributed by atoms with Crippen molar-refractivity contribution in [1.82, 2.24) is 10.2 Å². The number of thiocarbonyl (C=S) groups is 1. The van der Waals surface area contributed by atoms with Gasteiger partial charge in [-0.3, -0.25) is 0 Å². The van der Waals surface area contributed by atoms with Crippen molar-refractivity contribution in [1.29, 1.82) is 0 Å². The molecular formula is C19H22N2S. The quantitative estimate of drug-likeness (QED) is 0.865. The molecule has 0 saturated carbocycles. The van der Waals surface area contributed by atoms with Gasteiger partial charge in [0.15, 0.2) is 5.11 Å². The summed E-state index contributed by atoms with van der Waals surface area (Å²) in [7, 11) is 0. The molecule has 3 heteroatoms. The number of hydrogen-bond acceptors (Lipinski definition) is 1. The Kier molecular flexibility index (Phi) is 5.07. The van der Waals surface area contributed by atoms with E-state index in [4.69, 9.17) is 12.2 Å². The molecule has 0 amide bonds. The number of nitrogens with one attached hydrogen (secondary N) is 1. The Hall–Kier alpha value is -1.87. The fourth-order valence-corrected chi connectivity index (χ4v) is 3.28. The number of piperidine rings is 1. The molecule has 22 heavy (non-hydrogen) atoms.